The number of amides is 1. The number of carbonyl (C=O) groups is 1. The smallest absolute Gasteiger partial charge is 0.251 e. The van der Waals surface area contributed by atoms with Gasteiger partial charge in [-0.15, -0.1) is 11.3 Å². The van der Waals surface area contributed by atoms with E-state index in [1.165, 1.54) is 15.6 Å². The minimum atomic E-state index is -3.52. The molecule has 0 aliphatic carbocycles. The Labute approximate surface area is 157 Å². The number of benzene rings is 1. The minimum Gasteiger partial charge on any atom is -0.327 e. The molecular formula is C18H23N3O3S2. The Bertz CT molecular complexity index is 981. The first-order chi connectivity index (χ1) is 12.3. The number of rotatable bonds is 3. The number of nitrogens with zero attached hydrogens (tertiary/aromatic N) is 3. The van der Waals surface area contributed by atoms with Gasteiger partial charge in [0, 0.05) is 37.6 Å². The van der Waals surface area contributed by atoms with E-state index < -0.39 is 10.0 Å². The van der Waals surface area contributed by atoms with Crippen molar-refractivity contribution in [2.75, 3.05) is 13.1 Å². The van der Waals surface area contributed by atoms with E-state index in [1.807, 2.05) is 43.1 Å². The lowest BCUT2D eigenvalue weighted by Crippen LogP contribution is -2.40. The Morgan fingerprint density at radius 1 is 1.19 bits per heavy atom. The van der Waals surface area contributed by atoms with Crippen LogP contribution in [0.15, 0.2) is 39.7 Å². The molecule has 0 spiro atoms. The van der Waals surface area contributed by atoms with Crippen molar-refractivity contribution in [3.8, 4) is 0 Å². The van der Waals surface area contributed by atoms with Crippen molar-refractivity contribution in [3.05, 3.63) is 45.7 Å². The molecule has 6 nitrogen and oxygen atoms in total. The molecule has 8 heteroatoms. The maximum atomic E-state index is 12.8. The highest BCUT2D eigenvalue weighted by Crippen LogP contribution is 2.25. The van der Waals surface area contributed by atoms with Gasteiger partial charge in [-0.25, -0.2) is 8.42 Å². The van der Waals surface area contributed by atoms with Gasteiger partial charge in [-0.3, -0.25) is 4.79 Å². The normalized spacial score (nSPS) is 17.6. The molecule has 0 N–H and O–H groups in total. The van der Waals surface area contributed by atoms with Crippen LogP contribution in [-0.2, 0) is 21.9 Å². The second-order valence-electron chi connectivity index (χ2n) is 6.67. The molecule has 2 heterocycles. The topological polar surface area (TPSA) is 71.7 Å². The van der Waals surface area contributed by atoms with Crippen LogP contribution in [0.4, 0.5) is 0 Å². The van der Waals surface area contributed by atoms with Crippen LogP contribution in [0, 0.1) is 19.8 Å². The molecule has 26 heavy (non-hydrogen) atoms. The molecule has 2 aromatic rings. The van der Waals surface area contributed by atoms with E-state index >= 15 is 0 Å². The fourth-order valence-corrected chi connectivity index (χ4v) is 5.28. The lowest BCUT2D eigenvalue weighted by atomic mass is 9.98. The Balaban J connectivity index is 1.70. The summed E-state index contributed by atoms with van der Waals surface area (Å²) in [6.07, 6.45) is 2.86. The van der Waals surface area contributed by atoms with Crippen LogP contribution < -0.4 is 4.80 Å². The molecule has 1 aliphatic rings. The molecule has 0 unspecified atom stereocenters. The summed E-state index contributed by atoms with van der Waals surface area (Å²) in [6.45, 7) is 4.56. The number of sulfonamides is 1. The number of piperidine rings is 1. The monoisotopic (exact) mass is 393 g/mol. The summed E-state index contributed by atoms with van der Waals surface area (Å²) in [7, 11) is -1.67. The van der Waals surface area contributed by atoms with Crippen LogP contribution in [0.2, 0.25) is 0 Å². The first-order valence-electron chi connectivity index (χ1n) is 8.55. The SMILES string of the molecule is Cc1ccc(S(=O)(=O)N2CCC(C(=O)N=c3sccn3C)CC2)cc1C. The Morgan fingerprint density at radius 2 is 1.88 bits per heavy atom. The van der Waals surface area contributed by atoms with Crippen molar-refractivity contribution < 1.29 is 13.2 Å². The van der Waals surface area contributed by atoms with Gasteiger partial charge in [-0.2, -0.15) is 9.30 Å². The standard InChI is InChI=1S/C18H23N3O3S2/c1-13-4-5-16(12-14(13)2)26(23,24)21-8-6-15(7-9-21)17(22)19-18-20(3)10-11-25-18/h4-5,10-12,15H,6-9H2,1-3H3. The van der Waals surface area contributed by atoms with Crippen LogP contribution in [0.25, 0.3) is 0 Å². The molecule has 3 rings (SSSR count). The van der Waals surface area contributed by atoms with Gasteiger partial charge in [0.25, 0.3) is 5.91 Å². The van der Waals surface area contributed by atoms with Crippen LogP contribution in [0.3, 0.4) is 0 Å². The molecule has 1 aromatic carbocycles. The number of carbonyl (C=O) groups excluding carboxylic acids is 1. The number of hydrogen-bond acceptors (Lipinski definition) is 4. The number of hydrogen-bond donors (Lipinski definition) is 0. The lowest BCUT2D eigenvalue weighted by Gasteiger charge is -2.29. The maximum absolute atomic E-state index is 12.8. The van der Waals surface area contributed by atoms with E-state index in [0.29, 0.717) is 35.6 Å². The van der Waals surface area contributed by atoms with E-state index in [2.05, 4.69) is 4.99 Å². The first-order valence-corrected chi connectivity index (χ1v) is 10.9. The second kappa shape index (κ2) is 7.46. The predicted octanol–water partition coefficient (Wildman–Crippen LogP) is 2.23. The largest absolute Gasteiger partial charge is 0.327 e. The molecule has 0 radical (unpaired) electrons. The summed E-state index contributed by atoms with van der Waals surface area (Å²) in [5.41, 5.74) is 2.02. The van der Waals surface area contributed by atoms with Crippen molar-refractivity contribution >= 4 is 27.3 Å². The highest BCUT2D eigenvalue weighted by Gasteiger charge is 2.32. The van der Waals surface area contributed by atoms with Gasteiger partial charge in [-0.1, -0.05) is 6.07 Å². The number of aryl methyl sites for hydroxylation is 3. The Kier molecular flexibility index (Phi) is 5.45. The van der Waals surface area contributed by atoms with Gasteiger partial charge >= 0.3 is 0 Å². The number of thiazole rings is 1. The highest BCUT2D eigenvalue weighted by atomic mass is 32.2. The Morgan fingerprint density at radius 3 is 2.46 bits per heavy atom. The zero-order valence-corrected chi connectivity index (χ0v) is 16.8. The highest BCUT2D eigenvalue weighted by molar-refractivity contribution is 7.89. The van der Waals surface area contributed by atoms with Crippen LogP contribution >= 0.6 is 11.3 Å². The number of aromatic nitrogens is 1. The van der Waals surface area contributed by atoms with Crippen molar-refractivity contribution in [2.24, 2.45) is 18.0 Å². The quantitative estimate of drug-likeness (QED) is 0.803. The zero-order chi connectivity index (χ0) is 18.9. The van der Waals surface area contributed by atoms with Gasteiger partial charge in [0.05, 0.1) is 4.90 Å². The van der Waals surface area contributed by atoms with E-state index in [4.69, 9.17) is 0 Å². The fraction of sp³-hybridized carbons (Fsp3) is 0.444. The molecule has 1 fully saturated rings. The third kappa shape index (κ3) is 3.82. The van der Waals surface area contributed by atoms with Crippen LogP contribution in [0.5, 0.6) is 0 Å². The Hall–Kier alpha value is -1.77. The molecule has 140 valence electrons. The average molecular weight is 394 g/mol. The van der Waals surface area contributed by atoms with Crippen LogP contribution in [-0.4, -0.2) is 36.3 Å². The third-order valence-corrected chi connectivity index (χ3v) is 7.63. The molecule has 1 aromatic heterocycles. The molecule has 1 aliphatic heterocycles. The summed E-state index contributed by atoms with van der Waals surface area (Å²) in [6, 6.07) is 5.20. The van der Waals surface area contributed by atoms with E-state index in [1.54, 1.807) is 12.1 Å². The zero-order valence-electron chi connectivity index (χ0n) is 15.2. The van der Waals surface area contributed by atoms with E-state index in [0.717, 1.165) is 11.1 Å². The van der Waals surface area contributed by atoms with Crippen molar-refractivity contribution in [1.82, 2.24) is 8.87 Å². The first kappa shape index (κ1) is 19.0. The molecule has 1 amide bonds. The van der Waals surface area contributed by atoms with Gasteiger partial charge in [-0.05, 0) is 49.9 Å². The summed E-state index contributed by atoms with van der Waals surface area (Å²) in [4.78, 5) is 17.6. The molecule has 0 saturated carbocycles. The van der Waals surface area contributed by atoms with E-state index in [9.17, 15) is 13.2 Å². The third-order valence-electron chi connectivity index (χ3n) is 4.88. The summed E-state index contributed by atoms with van der Waals surface area (Å²) < 4.78 is 29.0. The van der Waals surface area contributed by atoms with Crippen molar-refractivity contribution in [3.63, 3.8) is 0 Å². The maximum Gasteiger partial charge on any atom is 0.251 e. The predicted molar refractivity (Wildman–Crippen MR) is 101 cm³/mol. The fourth-order valence-electron chi connectivity index (χ4n) is 2.99. The van der Waals surface area contributed by atoms with Gasteiger partial charge < -0.3 is 4.57 Å². The van der Waals surface area contributed by atoms with Crippen molar-refractivity contribution in [2.45, 2.75) is 31.6 Å². The molecular weight excluding hydrogens is 370 g/mol. The van der Waals surface area contributed by atoms with E-state index in [-0.39, 0.29) is 11.8 Å². The average Bonchev–Trinajstić information content (AvgIpc) is 3.02. The summed E-state index contributed by atoms with van der Waals surface area (Å²) >= 11 is 1.42. The van der Waals surface area contributed by atoms with Crippen molar-refractivity contribution in [1.29, 1.82) is 0 Å². The lowest BCUT2D eigenvalue weighted by molar-refractivity contribution is -0.122. The summed E-state index contributed by atoms with van der Waals surface area (Å²) in [5.74, 6) is -0.380. The second-order valence-corrected chi connectivity index (χ2v) is 9.48. The van der Waals surface area contributed by atoms with Gasteiger partial charge in [0.1, 0.15) is 0 Å². The molecule has 1 saturated heterocycles. The van der Waals surface area contributed by atoms with Gasteiger partial charge in [0.2, 0.25) is 10.0 Å². The van der Waals surface area contributed by atoms with Gasteiger partial charge in [0.15, 0.2) is 4.80 Å². The van der Waals surface area contributed by atoms with Crippen LogP contribution in [0.1, 0.15) is 24.0 Å². The summed E-state index contributed by atoms with van der Waals surface area (Å²) in [5, 5.41) is 1.88. The molecule has 0 bridgehead atoms. The molecule has 0 atom stereocenters. The minimum absolute atomic E-state index is 0.161.